The second kappa shape index (κ2) is 6.16. The molecule has 0 heterocycles. The number of nitrogens with zero attached hydrogens (tertiary/aromatic N) is 1. The van der Waals surface area contributed by atoms with Crippen LogP contribution in [0.4, 0.5) is 8.78 Å². The topological polar surface area (TPSA) is 79.3 Å². The van der Waals surface area contributed by atoms with Gasteiger partial charge in [0.2, 0.25) is 0 Å². The lowest BCUT2D eigenvalue weighted by atomic mass is 10.1. The van der Waals surface area contributed by atoms with Gasteiger partial charge in [0, 0.05) is 28.5 Å². The molecule has 0 amide bonds. The van der Waals surface area contributed by atoms with Crippen molar-refractivity contribution in [2.24, 2.45) is 5.14 Å². The highest BCUT2D eigenvalue weighted by Crippen LogP contribution is 2.44. The van der Waals surface area contributed by atoms with Gasteiger partial charge in [-0.25, -0.2) is 8.78 Å². The molecule has 23 heavy (non-hydrogen) atoms. The molecule has 0 radical (unpaired) electrons. The SMILES string of the molecule is N#Cc1cc(F)cc(Oc2ccc(SN)c3c2CC(F)C3O)c1. The first kappa shape index (κ1) is 15.7. The van der Waals surface area contributed by atoms with E-state index >= 15 is 0 Å². The van der Waals surface area contributed by atoms with Crippen LogP contribution in [0.25, 0.3) is 0 Å². The molecule has 2 atom stereocenters. The molecule has 2 aromatic rings. The Morgan fingerprint density at radius 2 is 2.13 bits per heavy atom. The molecule has 2 unspecified atom stereocenters. The van der Waals surface area contributed by atoms with E-state index in [0.717, 1.165) is 24.1 Å². The molecule has 118 valence electrons. The van der Waals surface area contributed by atoms with Crippen LogP contribution in [0.2, 0.25) is 0 Å². The number of aliphatic hydroxyl groups is 1. The normalized spacial score (nSPS) is 19.3. The summed E-state index contributed by atoms with van der Waals surface area (Å²) in [5, 5.41) is 24.4. The molecule has 3 rings (SSSR count). The van der Waals surface area contributed by atoms with Crippen LogP contribution in [0.1, 0.15) is 22.8 Å². The van der Waals surface area contributed by atoms with Crippen molar-refractivity contribution in [1.82, 2.24) is 0 Å². The van der Waals surface area contributed by atoms with Crippen molar-refractivity contribution in [3.63, 3.8) is 0 Å². The Hall–Kier alpha value is -2.14. The summed E-state index contributed by atoms with van der Waals surface area (Å²) in [5.41, 5.74) is 1.02. The maximum atomic E-state index is 13.9. The van der Waals surface area contributed by atoms with Crippen molar-refractivity contribution < 1.29 is 18.6 Å². The number of fused-ring (bicyclic) bond motifs is 1. The van der Waals surface area contributed by atoms with Crippen molar-refractivity contribution in [3.05, 3.63) is 52.8 Å². The summed E-state index contributed by atoms with van der Waals surface area (Å²) in [6.45, 7) is 0. The minimum absolute atomic E-state index is 0.0132. The minimum Gasteiger partial charge on any atom is -0.457 e. The maximum Gasteiger partial charge on any atom is 0.134 e. The zero-order chi connectivity index (χ0) is 16.6. The standard InChI is InChI=1S/C16H12F2N2O2S/c17-9-3-8(7-19)4-10(5-9)22-13-1-2-14(23-20)15-11(13)6-12(18)16(15)21/h1-5,12,16,21H,6,20H2. The van der Waals surface area contributed by atoms with Crippen LogP contribution in [0.5, 0.6) is 11.5 Å². The van der Waals surface area contributed by atoms with Gasteiger partial charge < -0.3 is 9.84 Å². The summed E-state index contributed by atoms with van der Waals surface area (Å²) < 4.78 is 33.0. The molecule has 4 nitrogen and oxygen atoms in total. The number of halogens is 2. The number of ether oxygens (including phenoxy) is 1. The summed E-state index contributed by atoms with van der Waals surface area (Å²) in [5.74, 6) is -0.159. The lowest BCUT2D eigenvalue weighted by molar-refractivity contribution is 0.0908. The first-order chi connectivity index (χ1) is 11.0. The molecule has 1 aliphatic carbocycles. The molecule has 7 heteroatoms. The second-order valence-corrected chi connectivity index (χ2v) is 5.80. The lowest BCUT2D eigenvalue weighted by Crippen LogP contribution is -2.07. The number of hydrogen-bond acceptors (Lipinski definition) is 5. The van der Waals surface area contributed by atoms with Crippen molar-refractivity contribution in [2.45, 2.75) is 23.6 Å². The number of alkyl halides is 1. The van der Waals surface area contributed by atoms with Gasteiger partial charge >= 0.3 is 0 Å². The van der Waals surface area contributed by atoms with Gasteiger partial charge in [-0.1, -0.05) is 0 Å². The van der Waals surface area contributed by atoms with Gasteiger partial charge in [-0.2, -0.15) is 5.26 Å². The fraction of sp³-hybridized carbons (Fsp3) is 0.188. The van der Waals surface area contributed by atoms with Crippen molar-refractivity contribution in [2.75, 3.05) is 0 Å². The first-order valence-electron chi connectivity index (χ1n) is 6.76. The Bertz CT molecular complexity index is 807. The van der Waals surface area contributed by atoms with E-state index in [-0.39, 0.29) is 17.7 Å². The van der Waals surface area contributed by atoms with Gasteiger partial charge in [0.1, 0.15) is 29.6 Å². The lowest BCUT2D eigenvalue weighted by Gasteiger charge is -2.14. The van der Waals surface area contributed by atoms with Crippen LogP contribution in [0, 0.1) is 17.1 Å². The molecule has 0 aromatic heterocycles. The minimum atomic E-state index is -1.44. The fourth-order valence-corrected chi connectivity index (χ4v) is 3.17. The van der Waals surface area contributed by atoms with E-state index in [9.17, 15) is 13.9 Å². The summed E-state index contributed by atoms with van der Waals surface area (Å²) >= 11 is 0.918. The van der Waals surface area contributed by atoms with E-state index in [1.54, 1.807) is 12.1 Å². The number of nitrogens with two attached hydrogens (primary N) is 1. The van der Waals surface area contributed by atoms with Crippen LogP contribution in [0.15, 0.2) is 35.2 Å². The maximum absolute atomic E-state index is 13.9. The Morgan fingerprint density at radius 1 is 1.35 bits per heavy atom. The predicted molar refractivity (Wildman–Crippen MR) is 81.2 cm³/mol. The van der Waals surface area contributed by atoms with Crippen LogP contribution in [-0.4, -0.2) is 11.3 Å². The van der Waals surface area contributed by atoms with Crippen LogP contribution in [-0.2, 0) is 6.42 Å². The van der Waals surface area contributed by atoms with E-state index < -0.39 is 18.1 Å². The quantitative estimate of drug-likeness (QED) is 0.841. The zero-order valence-electron chi connectivity index (χ0n) is 11.8. The first-order valence-corrected chi connectivity index (χ1v) is 7.64. The smallest absolute Gasteiger partial charge is 0.134 e. The van der Waals surface area contributed by atoms with Crippen LogP contribution in [0.3, 0.4) is 0 Å². The van der Waals surface area contributed by atoms with Crippen LogP contribution < -0.4 is 9.88 Å². The Morgan fingerprint density at radius 3 is 2.83 bits per heavy atom. The van der Waals surface area contributed by atoms with Crippen molar-refractivity contribution >= 4 is 11.9 Å². The Labute approximate surface area is 135 Å². The summed E-state index contributed by atoms with van der Waals surface area (Å²) in [4.78, 5) is 0.567. The average molecular weight is 334 g/mol. The molecule has 1 aliphatic rings. The number of benzene rings is 2. The van der Waals surface area contributed by atoms with E-state index in [2.05, 4.69) is 0 Å². The summed E-state index contributed by atoms with van der Waals surface area (Å²) in [6, 6.07) is 8.66. The third-order valence-electron chi connectivity index (χ3n) is 3.67. The largest absolute Gasteiger partial charge is 0.457 e. The summed E-state index contributed by atoms with van der Waals surface area (Å²) in [6.07, 6.45) is -2.72. The van der Waals surface area contributed by atoms with Gasteiger partial charge in [-0.3, -0.25) is 5.14 Å². The third-order valence-corrected chi connectivity index (χ3v) is 4.28. The predicted octanol–water partition coefficient (Wildman–Crippen LogP) is 3.38. The number of rotatable bonds is 3. The molecule has 0 spiro atoms. The third kappa shape index (κ3) is 2.88. The number of nitriles is 1. The second-order valence-electron chi connectivity index (χ2n) is 5.13. The molecule has 0 saturated heterocycles. The number of hydrogen-bond donors (Lipinski definition) is 2. The van der Waals surface area contributed by atoms with Gasteiger partial charge in [0.25, 0.3) is 0 Å². The molecule has 0 fully saturated rings. The molecule has 0 saturated carbocycles. The van der Waals surface area contributed by atoms with Gasteiger partial charge in [0.15, 0.2) is 0 Å². The van der Waals surface area contributed by atoms with Gasteiger partial charge in [-0.15, -0.1) is 0 Å². The van der Waals surface area contributed by atoms with Crippen molar-refractivity contribution in [3.8, 4) is 17.6 Å². The van der Waals surface area contributed by atoms with E-state index in [4.69, 9.17) is 15.1 Å². The van der Waals surface area contributed by atoms with E-state index in [1.165, 1.54) is 6.07 Å². The highest BCUT2D eigenvalue weighted by molar-refractivity contribution is 7.97. The molecule has 0 bridgehead atoms. The summed E-state index contributed by atoms with van der Waals surface area (Å²) in [7, 11) is 0. The highest BCUT2D eigenvalue weighted by Gasteiger charge is 2.35. The molecular formula is C16H12F2N2O2S. The average Bonchev–Trinajstić information content (AvgIpc) is 2.83. The molecule has 2 aromatic carbocycles. The molecule has 0 aliphatic heterocycles. The highest BCUT2D eigenvalue weighted by atomic mass is 32.2. The van der Waals surface area contributed by atoms with Gasteiger partial charge in [-0.05, 0) is 36.2 Å². The van der Waals surface area contributed by atoms with Crippen molar-refractivity contribution in [1.29, 1.82) is 5.26 Å². The van der Waals surface area contributed by atoms with Gasteiger partial charge in [0.05, 0.1) is 11.6 Å². The van der Waals surface area contributed by atoms with E-state index in [0.29, 0.717) is 21.8 Å². The Balaban J connectivity index is 2.03. The monoisotopic (exact) mass is 334 g/mol. The van der Waals surface area contributed by atoms with Crippen LogP contribution >= 0.6 is 11.9 Å². The molecular weight excluding hydrogens is 322 g/mol. The Kier molecular flexibility index (Phi) is 4.22. The molecule has 3 N–H and O–H groups in total. The van der Waals surface area contributed by atoms with E-state index in [1.807, 2.05) is 6.07 Å². The number of aliphatic hydroxyl groups excluding tert-OH is 1. The zero-order valence-corrected chi connectivity index (χ0v) is 12.6. The fourth-order valence-electron chi connectivity index (χ4n) is 2.66.